The first-order chi connectivity index (χ1) is 18.9. The summed E-state index contributed by atoms with van der Waals surface area (Å²) in [5, 5.41) is 0.248. The zero-order chi connectivity index (χ0) is 27.0. The zero-order valence-corrected chi connectivity index (χ0v) is 21.7. The maximum Gasteiger partial charge on any atom is 0.333 e. The first kappa shape index (κ1) is 24.7. The first-order valence-corrected chi connectivity index (χ1v) is 14.0. The molecule has 1 N–H and O–H groups in total. The van der Waals surface area contributed by atoms with Gasteiger partial charge in [-0.1, -0.05) is 54.6 Å². The summed E-state index contributed by atoms with van der Waals surface area (Å²) in [5.74, 6) is 0.474. The third kappa shape index (κ3) is 4.61. The molecule has 0 bridgehead atoms. The largest absolute Gasteiger partial charge is 0.489 e. The molecular weight excluding hydrogens is 514 g/mol. The lowest BCUT2D eigenvalue weighted by atomic mass is 10.0. The highest BCUT2D eigenvalue weighted by atomic mass is 32.2. The van der Waals surface area contributed by atoms with Gasteiger partial charge in [-0.05, 0) is 66.4 Å². The molecule has 8 nitrogen and oxygen atoms in total. The van der Waals surface area contributed by atoms with Crippen molar-refractivity contribution in [2.45, 2.75) is 24.3 Å². The molecule has 5 aromatic rings. The molecule has 2 heterocycles. The molecule has 0 amide bonds. The number of fused-ring (bicyclic) bond motifs is 2. The fourth-order valence-electron chi connectivity index (χ4n) is 4.97. The predicted octanol–water partition coefficient (Wildman–Crippen LogP) is 4.40. The predicted molar refractivity (Wildman–Crippen MR) is 150 cm³/mol. The van der Waals surface area contributed by atoms with Crippen LogP contribution in [0, 0.1) is 0 Å². The lowest BCUT2D eigenvalue weighted by molar-refractivity contribution is 0.306. The quantitative estimate of drug-likeness (QED) is 0.345. The van der Waals surface area contributed by atoms with E-state index in [1.54, 1.807) is 30.3 Å². The van der Waals surface area contributed by atoms with E-state index in [0.29, 0.717) is 42.2 Å². The average Bonchev–Trinajstić information content (AvgIpc) is 2.96. The van der Waals surface area contributed by atoms with Crippen molar-refractivity contribution in [3.05, 3.63) is 129 Å². The van der Waals surface area contributed by atoms with E-state index in [1.165, 1.54) is 21.0 Å². The molecule has 9 heteroatoms. The maximum absolute atomic E-state index is 13.7. The van der Waals surface area contributed by atoms with E-state index in [9.17, 15) is 18.0 Å². The van der Waals surface area contributed by atoms with Crippen LogP contribution in [0.5, 0.6) is 5.75 Å². The van der Waals surface area contributed by atoms with Crippen molar-refractivity contribution < 1.29 is 13.2 Å². The monoisotopic (exact) mass is 539 g/mol. The summed E-state index contributed by atoms with van der Waals surface area (Å²) >= 11 is 0. The van der Waals surface area contributed by atoms with Crippen LogP contribution >= 0.6 is 0 Å². The highest BCUT2D eigenvalue weighted by Crippen LogP contribution is 2.32. The Kier molecular flexibility index (Phi) is 6.28. The van der Waals surface area contributed by atoms with E-state index >= 15 is 0 Å². The number of aryl methyl sites for hydroxylation is 1. The van der Waals surface area contributed by atoms with Crippen molar-refractivity contribution in [1.29, 1.82) is 0 Å². The molecule has 6 rings (SSSR count). The molecule has 0 fully saturated rings. The maximum atomic E-state index is 13.7. The Bertz CT molecular complexity index is 1910. The summed E-state index contributed by atoms with van der Waals surface area (Å²) in [7, 11) is -3.89. The molecule has 0 atom stereocenters. The zero-order valence-electron chi connectivity index (χ0n) is 20.9. The first-order valence-electron chi connectivity index (χ1n) is 12.6. The van der Waals surface area contributed by atoms with Gasteiger partial charge in [0.25, 0.3) is 15.6 Å². The van der Waals surface area contributed by atoms with E-state index in [-0.39, 0.29) is 10.3 Å². The molecule has 4 aromatic carbocycles. The van der Waals surface area contributed by atoms with Crippen LogP contribution < -0.4 is 20.3 Å². The number of nitrogens with one attached hydrogen (secondary N) is 1. The van der Waals surface area contributed by atoms with E-state index in [2.05, 4.69) is 4.98 Å². The molecule has 0 saturated carbocycles. The Hall–Kier alpha value is -4.63. The van der Waals surface area contributed by atoms with Gasteiger partial charge in [0.1, 0.15) is 12.4 Å². The van der Waals surface area contributed by atoms with Crippen LogP contribution in [0.1, 0.15) is 17.5 Å². The number of H-pyrrole nitrogens is 1. The number of rotatable bonds is 6. The van der Waals surface area contributed by atoms with Gasteiger partial charge in [-0.3, -0.25) is 18.7 Å². The fourth-order valence-corrected chi connectivity index (χ4v) is 6.55. The minimum atomic E-state index is -3.89. The lowest BCUT2D eigenvalue weighted by Crippen LogP contribution is -2.35. The number of sulfonamides is 1. The van der Waals surface area contributed by atoms with Crippen molar-refractivity contribution in [3.63, 3.8) is 0 Å². The molecule has 0 saturated heterocycles. The van der Waals surface area contributed by atoms with Crippen molar-refractivity contribution in [2.75, 3.05) is 10.8 Å². The van der Waals surface area contributed by atoms with Gasteiger partial charge >= 0.3 is 5.69 Å². The van der Waals surface area contributed by atoms with Crippen LogP contribution in [-0.4, -0.2) is 24.5 Å². The third-order valence-electron chi connectivity index (χ3n) is 6.86. The molecule has 0 radical (unpaired) electrons. The van der Waals surface area contributed by atoms with Gasteiger partial charge in [0.2, 0.25) is 0 Å². The number of hydrogen-bond donors (Lipinski definition) is 1. The second kappa shape index (κ2) is 9.92. The fraction of sp³-hybridized carbons (Fsp3) is 0.133. The Morgan fingerprint density at radius 2 is 1.64 bits per heavy atom. The summed E-state index contributed by atoms with van der Waals surface area (Å²) in [6.07, 6.45) is 1.53. The Morgan fingerprint density at radius 3 is 2.49 bits per heavy atom. The highest BCUT2D eigenvalue weighted by molar-refractivity contribution is 7.92. The summed E-state index contributed by atoms with van der Waals surface area (Å²) in [6.45, 7) is 0.695. The van der Waals surface area contributed by atoms with Crippen molar-refractivity contribution in [3.8, 4) is 11.4 Å². The molecule has 0 aliphatic carbocycles. The molecule has 0 unspecified atom stereocenters. The number of aromatic nitrogens is 2. The average molecular weight is 540 g/mol. The van der Waals surface area contributed by atoms with Crippen LogP contribution in [0.2, 0.25) is 0 Å². The number of benzene rings is 4. The normalized spacial score (nSPS) is 13.3. The highest BCUT2D eigenvalue weighted by Gasteiger charge is 2.29. The molecule has 1 aromatic heterocycles. The minimum Gasteiger partial charge on any atom is -0.489 e. The molecule has 1 aliphatic heterocycles. The van der Waals surface area contributed by atoms with Gasteiger partial charge in [0.15, 0.2) is 0 Å². The standard InChI is InChI=1S/C30H25N3O5S/c34-29-26-19-24(38-20-21-8-2-1-3-9-21)15-16-28(26)33(30(35)31-29)23-12-6-13-25(18-23)39(36,37)32-17-7-11-22-10-4-5-14-27(22)32/h1-6,8-10,12-16,18-19H,7,11,17,20H2,(H,31,34,35). The van der Waals surface area contributed by atoms with Crippen LogP contribution in [-0.2, 0) is 23.1 Å². The van der Waals surface area contributed by atoms with Gasteiger partial charge in [-0.2, -0.15) is 0 Å². The van der Waals surface area contributed by atoms with Crippen molar-refractivity contribution >= 4 is 26.6 Å². The Morgan fingerprint density at radius 1 is 0.846 bits per heavy atom. The second-order valence-corrected chi connectivity index (χ2v) is 11.2. The van der Waals surface area contributed by atoms with Crippen molar-refractivity contribution in [1.82, 2.24) is 9.55 Å². The minimum absolute atomic E-state index is 0.0609. The summed E-state index contributed by atoms with van der Waals surface area (Å²) in [5.41, 5.74) is 2.08. The van der Waals surface area contributed by atoms with E-state index in [4.69, 9.17) is 4.74 Å². The molecular formula is C30H25N3O5S. The Labute approximate surface area is 224 Å². The van der Waals surface area contributed by atoms with Gasteiger partial charge in [0.05, 0.1) is 27.2 Å². The van der Waals surface area contributed by atoms with E-state index in [0.717, 1.165) is 17.5 Å². The van der Waals surface area contributed by atoms with Crippen LogP contribution in [0.25, 0.3) is 16.6 Å². The van der Waals surface area contributed by atoms with Gasteiger partial charge in [-0.15, -0.1) is 0 Å². The number of ether oxygens (including phenoxy) is 1. The number of aromatic amines is 1. The summed E-state index contributed by atoms with van der Waals surface area (Å²) in [6, 6.07) is 28.2. The van der Waals surface area contributed by atoms with E-state index < -0.39 is 21.3 Å². The topological polar surface area (TPSA) is 101 Å². The van der Waals surface area contributed by atoms with E-state index in [1.807, 2.05) is 54.6 Å². The molecule has 39 heavy (non-hydrogen) atoms. The molecule has 1 aliphatic rings. The summed E-state index contributed by atoms with van der Waals surface area (Å²) < 4.78 is 36.1. The smallest absolute Gasteiger partial charge is 0.333 e. The number of anilines is 1. The Balaban J connectivity index is 1.39. The van der Waals surface area contributed by atoms with Gasteiger partial charge in [-0.25, -0.2) is 13.2 Å². The number of para-hydroxylation sites is 1. The number of hydrogen-bond acceptors (Lipinski definition) is 5. The number of nitrogens with zero attached hydrogens (tertiary/aromatic N) is 2. The van der Waals surface area contributed by atoms with Crippen molar-refractivity contribution in [2.24, 2.45) is 0 Å². The second-order valence-electron chi connectivity index (χ2n) is 9.35. The van der Waals surface area contributed by atoms with Crippen LogP contribution in [0.15, 0.2) is 112 Å². The van der Waals surface area contributed by atoms with Gasteiger partial charge < -0.3 is 4.74 Å². The van der Waals surface area contributed by atoms with Crippen LogP contribution in [0.3, 0.4) is 0 Å². The summed E-state index contributed by atoms with van der Waals surface area (Å²) in [4.78, 5) is 28.1. The lowest BCUT2D eigenvalue weighted by Gasteiger charge is -2.30. The molecule has 0 spiro atoms. The third-order valence-corrected chi connectivity index (χ3v) is 8.67. The van der Waals surface area contributed by atoms with Crippen LogP contribution in [0.4, 0.5) is 5.69 Å². The SMILES string of the molecule is O=c1[nH]c(=O)n(-c2cccc(S(=O)(=O)N3CCCc4ccccc43)c2)c2ccc(OCc3ccccc3)cc12. The van der Waals surface area contributed by atoms with Gasteiger partial charge in [0, 0.05) is 6.54 Å². The molecule has 196 valence electrons.